The number of esters is 1. The molecule has 0 bridgehead atoms. The summed E-state index contributed by atoms with van der Waals surface area (Å²) in [6.07, 6.45) is -1.02. The van der Waals surface area contributed by atoms with Gasteiger partial charge in [0.2, 0.25) is 0 Å². The van der Waals surface area contributed by atoms with Crippen molar-refractivity contribution in [2.24, 2.45) is 0 Å². The second-order valence-electron chi connectivity index (χ2n) is 5.91. The zero-order chi connectivity index (χ0) is 21.4. The van der Waals surface area contributed by atoms with Crippen LogP contribution in [-0.2, 0) is 9.53 Å². The Labute approximate surface area is 169 Å². The molecule has 8 heteroatoms. The maximum absolute atomic E-state index is 12.4. The summed E-state index contributed by atoms with van der Waals surface area (Å²) in [5.74, 6) is 0.796. The molecule has 0 aliphatic heterocycles. The Morgan fingerprint density at radius 3 is 2.14 bits per heavy atom. The van der Waals surface area contributed by atoms with Crippen molar-refractivity contribution >= 4 is 17.6 Å². The van der Waals surface area contributed by atoms with Crippen LogP contribution in [0.2, 0.25) is 0 Å². The molecule has 0 aliphatic rings. The highest BCUT2D eigenvalue weighted by Crippen LogP contribution is 2.30. The van der Waals surface area contributed by atoms with Crippen molar-refractivity contribution in [2.75, 3.05) is 33.3 Å². The van der Waals surface area contributed by atoms with Gasteiger partial charge in [-0.1, -0.05) is 0 Å². The third-order valence-electron chi connectivity index (χ3n) is 4.00. The van der Waals surface area contributed by atoms with E-state index in [1.165, 1.54) is 34.3 Å². The van der Waals surface area contributed by atoms with Gasteiger partial charge in [0.1, 0.15) is 0 Å². The van der Waals surface area contributed by atoms with Gasteiger partial charge in [-0.3, -0.25) is 4.79 Å². The topological polar surface area (TPSA) is 92.3 Å². The van der Waals surface area contributed by atoms with Crippen LogP contribution in [-0.4, -0.2) is 45.9 Å². The molecule has 1 amide bonds. The number of nitrogens with one attached hydrogen (secondary N) is 1. The molecule has 0 fully saturated rings. The Morgan fingerprint density at radius 1 is 0.897 bits per heavy atom. The average molecular weight is 403 g/mol. The predicted octanol–water partition coefficient (Wildman–Crippen LogP) is 3.30. The molecular weight excluding hydrogens is 378 g/mol. The fraction of sp³-hybridized carbons (Fsp3) is 0.333. The number of carbonyl (C=O) groups is 2. The Kier molecular flexibility index (Phi) is 7.70. The standard InChI is InChI=1S/C21H25NO7/c1-6-28-17-9-7-14(11-18(17)26-4)21(24)29-13(2)20(23)22-15-8-10-16(25-3)19(12-15)27-5/h7-13H,6H2,1-5H3,(H,22,23)/t13-/m1/s1. The quantitative estimate of drug-likeness (QED) is 0.642. The Morgan fingerprint density at radius 2 is 1.52 bits per heavy atom. The first-order valence-electron chi connectivity index (χ1n) is 8.98. The average Bonchev–Trinajstić information content (AvgIpc) is 2.73. The van der Waals surface area contributed by atoms with Crippen molar-refractivity contribution in [3.8, 4) is 23.0 Å². The first-order valence-corrected chi connectivity index (χ1v) is 8.98. The van der Waals surface area contributed by atoms with Crippen molar-refractivity contribution in [3.05, 3.63) is 42.0 Å². The molecule has 0 spiro atoms. The van der Waals surface area contributed by atoms with Crippen LogP contribution in [0.15, 0.2) is 36.4 Å². The molecule has 1 N–H and O–H groups in total. The van der Waals surface area contributed by atoms with Crippen LogP contribution in [0, 0.1) is 0 Å². The maximum atomic E-state index is 12.4. The van der Waals surface area contributed by atoms with E-state index < -0.39 is 18.0 Å². The van der Waals surface area contributed by atoms with Crippen LogP contribution >= 0.6 is 0 Å². The first-order chi connectivity index (χ1) is 13.9. The minimum Gasteiger partial charge on any atom is -0.493 e. The minimum absolute atomic E-state index is 0.246. The highest BCUT2D eigenvalue weighted by Gasteiger charge is 2.21. The zero-order valence-corrected chi connectivity index (χ0v) is 17.1. The summed E-state index contributed by atoms with van der Waals surface area (Å²) in [7, 11) is 4.50. The smallest absolute Gasteiger partial charge is 0.339 e. The molecule has 2 aromatic rings. The SMILES string of the molecule is CCOc1ccc(C(=O)O[C@H](C)C(=O)Nc2ccc(OC)c(OC)c2)cc1OC. The molecule has 156 valence electrons. The molecule has 0 radical (unpaired) electrons. The zero-order valence-electron chi connectivity index (χ0n) is 17.1. The fourth-order valence-corrected chi connectivity index (χ4v) is 2.51. The summed E-state index contributed by atoms with van der Waals surface area (Å²) in [6.45, 7) is 3.80. The normalized spacial score (nSPS) is 11.2. The molecule has 0 aromatic heterocycles. The molecule has 0 heterocycles. The number of amides is 1. The number of rotatable bonds is 9. The van der Waals surface area contributed by atoms with Crippen molar-refractivity contribution in [2.45, 2.75) is 20.0 Å². The molecule has 2 rings (SSSR count). The number of benzene rings is 2. The lowest BCUT2D eigenvalue weighted by molar-refractivity contribution is -0.123. The van der Waals surface area contributed by atoms with Gasteiger partial charge in [0, 0.05) is 11.8 Å². The van der Waals surface area contributed by atoms with Gasteiger partial charge in [-0.25, -0.2) is 4.79 Å². The van der Waals surface area contributed by atoms with E-state index in [2.05, 4.69) is 5.32 Å². The van der Waals surface area contributed by atoms with Crippen LogP contribution in [0.1, 0.15) is 24.2 Å². The molecular formula is C21H25NO7. The second-order valence-corrected chi connectivity index (χ2v) is 5.91. The molecule has 29 heavy (non-hydrogen) atoms. The second kappa shape index (κ2) is 10.2. The molecule has 0 saturated heterocycles. The Bertz CT molecular complexity index is 866. The third-order valence-corrected chi connectivity index (χ3v) is 4.00. The van der Waals surface area contributed by atoms with Crippen molar-refractivity contribution < 1.29 is 33.3 Å². The number of hydrogen-bond acceptors (Lipinski definition) is 7. The van der Waals surface area contributed by atoms with Gasteiger partial charge in [-0.15, -0.1) is 0 Å². The number of hydrogen-bond donors (Lipinski definition) is 1. The summed E-state index contributed by atoms with van der Waals surface area (Å²) >= 11 is 0. The van der Waals surface area contributed by atoms with E-state index in [1.54, 1.807) is 30.3 Å². The minimum atomic E-state index is -1.02. The third kappa shape index (κ3) is 5.54. The van der Waals surface area contributed by atoms with E-state index in [1.807, 2.05) is 6.92 Å². The van der Waals surface area contributed by atoms with Crippen molar-refractivity contribution in [3.63, 3.8) is 0 Å². The lowest BCUT2D eigenvalue weighted by Gasteiger charge is -2.15. The van der Waals surface area contributed by atoms with Crippen molar-refractivity contribution in [1.82, 2.24) is 0 Å². The molecule has 1 atom stereocenters. The van der Waals surface area contributed by atoms with Gasteiger partial charge in [0.05, 0.1) is 33.5 Å². The van der Waals surface area contributed by atoms with Crippen LogP contribution < -0.4 is 24.3 Å². The molecule has 0 unspecified atom stereocenters. The van der Waals surface area contributed by atoms with E-state index in [9.17, 15) is 9.59 Å². The summed E-state index contributed by atoms with van der Waals surface area (Å²) in [6, 6.07) is 9.61. The fourth-order valence-electron chi connectivity index (χ4n) is 2.51. The number of methoxy groups -OCH3 is 3. The predicted molar refractivity (Wildman–Crippen MR) is 107 cm³/mol. The first kappa shape index (κ1) is 21.9. The number of ether oxygens (including phenoxy) is 5. The van der Waals surface area contributed by atoms with Gasteiger partial charge < -0.3 is 29.0 Å². The van der Waals surface area contributed by atoms with E-state index in [0.717, 1.165) is 0 Å². The van der Waals surface area contributed by atoms with Gasteiger partial charge >= 0.3 is 5.97 Å². The van der Waals surface area contributed by atoms with Crippen molar-refractivity contribution in [1.29, 1.82) is 0 Å². The summed E-state index contributed by atoms with van der Waals surface area (Å²) in [5.41, 5.74) is 0.731. The van der Waals surface area contributed by atoms with Crippen LogP contribution in [0.25, 0.3) is 0 Å². The van der Waals surface area contributed by atoms with Crippen LogP contribution in [0.3, 0.4) is 0 Å². The lowest BCUT2D eigenvalue weighted by Crippen LogP contribution is -2.30. The highest BCUT2D eigenvalue weighted by atomic mass is 16.5. The van der Waals surface area contributed by atoms with Crippen LogP contribution in [0.5, 0.6) is 23.0 Å². The summed E-state index contributed by atoms with van der Waals surface area (Å²) in [5, 5.41) is 2.68. The van der Waals surface area contributed by atoms with E-state index in [0.29, 0.717) is 35.3 Å². The van der Waals surface area contributed by atoms with Gasteiger partial charge in [-0.05, 0) is 44.2 Å². The van der Waals surface area contributed by atoms with Gasteiger partial charge in [0.15, 0.2) is 29.1 Å². The summed E-state index contributed by atoms with van der Waals surface area (Å²) in [4.78, 5) is 24.8. The lowest BCUT2D eigenvalue weighted by atomic mass is 10.2. The Balaban J connectivity index is 2.04. The molecule has 2 aromatic carbocycles. The number of carbonyl (C=O) groups excluding carboxylic acids is 2. The molecule has 8 nitrogen and oxygen atoms in total. The molecule has 0 aliphatic carbocycles. The number of anilines is 1. The molecule has 0 saturated carbocycles. The maximum Gasteiger partial charge on any atom is 0.339 e. The van der Waals surface area contributed by atoms with E-state index in [-0.39, 0.29) is 5.56 Å². The highest BCUT2D eigenvalue weighted by molar-refractivity contribution is 5.97. The van der Waals surface area contributed by atoms with Gasteiger partial charge in [-0.2, -0.15) is 0 Å². The monoisotopic (exact) mass is 403 g/mol. The summed E-state index contributed by atoms with van der Waals surface area (Å²) < 4.78 is 26.3. The van der Waals surface area contributed by atoms with Gasteiger partial charge in [0.25, 0.3) is 5.91 Å². The largest absolute Gasteiger partial charge is 0.493 e. The van der Waals surface area contributed by atoms with E-state index in [4.69, 9.17) is 23.7 Å². The van der Waals surface area contributed by atoms with Crippen LogP contribution in [0.4, 0.5) is 5.69 Å². The van der Waals surface area contributed by atoms with E-state index >= 15 is 0 Å². The Hall–Kier alpha value is -3.42.